The number of nitrogens with zero attached hydrogens (tertiary/aromatic N) is 4. The first kappa shape index (κ1) is 25.1. The van der Waals surface area contributed by atoms with Crippen molar-refractivity contribution in [2.45, 2.75) is 64.0 Å². The number of hydrogen-bond acceptors (Lipinski definition) is 6. The number of hydrogen-bond donors (Lipinski definition) is 1. The van der Waals surface area contributed by atoms with Crippen molar-refractivity contribution < 1.29 is 14.3 Å². The first-order chi connectivity index (χ1) is 18.0. The molecule has 2 fully saturated rings. The second kappa shape index (κ2) is 11.2. The van der Waals surface area contributed by atoms with E-state index in [1.54, 1.807) is 7.11 Å². The molecule has 1 amide bonds. The Morgan fingerprint density at radius 2 is 1.92 bits per heavy atom. The molecule has 1 aromatic heterocycles. The van der Waals surface area contributed by atoms with Gasteiger partial charge in [-0.05, 0) is 43.4 Å². The summed E-state index contributed by atoms with van der Waals surface area (Å²) < 4.78 is 11.8. The molecule has 1 aliphatic carbocycles. The predicted octanol–water partition coefficient (Wildman–Crippen LogP) is 4.37. The molecule has 1 saturated heterocycles. The molecule has 0 radical (unpaired) electrons. The zero-order chi connectivity index (χ0) is 25.8. The lowest BCUT2D eigenvalue weighted by atomic mass is 9.96. The maximum absolute atomic E-state index is 13.5. The van der Waals surface area contributed by atoms with Crippen LogP contribution in [0.4, 0.5) is 5.69 Å². The fourth-order valence-corrected chi connectivity index (χ4v) is 4.99. The average molecular weight is 504 g/mol. The Balaban J connectivity index is 1.34. The van der Waals surface area contributed by atoms with Gasteiger partial charge in [-0.3, -0.25) is 9.89 Å². The van der Waals surface area contributed by atoms with Gasteiger partial charge in [0, 0.05) is 37.3 Å². The minimum atomic E-state index is 0.0363. The van der Waals surface area contributed by atoms with Gasteiger partial charge in [-0.25, -0.2) is 4.98 Å². The third kappa shape index (κ3) is 5.89. The van der Waals surface area contributed by atoms with Crippen LogP contribution in [0.3, 0.4) is 0 Å². The maximum atomic E-state index is 13.5. The molecule has 196 valence electrons. The van der Waals surface area contributed by atoms with E-state index in [4.69, 9.17) is 9.47 Å². The number of nitrogens with one attached hydrogen (secondary N) is 1. The Kier molecular flexibility index (Phi) is 7.63. The number of ether oxygens (including phenoxy) is 2. The largest absolute Gasteiger partial charge is 0.493 e. The highest BCUT2D eigenvalue weighted by molar-refractivity contribution is 5.79. The van der Waals surface area contributed by atoms with Gasteiger partial charge in [0.25, 0.3) is 0 Å². The number of methoxy groups -OCH3 is 1. The van der Waals surface area contributed by atoms with Crippen LogP contribution in [0.5, 0.6) is 11.5 Å². The van der Waals surface area contributed by atoms with Crippen LogP contribution in [-0.4, -0.2) is 64.9 Å². The molecular weight excluding hydrogens is 466 g/mol. The number of piperazine rings is 1. The van der Waals surface area contributed by atoms with Crippen molar-refractivity contribution in [1.82, 2.24) is 20.1 Å². The van der Waals surface area contributed by atoms with Gasteiger partial charge in [-0.15, -0.1) is 0 Å². The van der Waals surface area contributed by atoms with E-state index in [0.717, 1.165) is 55.4 Å². The summed E-state index contributed by atoms with van der Waals surface area (Å²) in [5.74, 6) is 3.23. The van der Waals surface area contributed by atoms with Crippen LogP contribution in [0.25, 0.3) is 0 Å². The number of anilines is 1. The number of carbonyl (C=O) groups excluding carboxylic acids is 1. The molecule has 2 aromatic carbocycles. The summed E-state index contributed by atoms with van der Waals surface area (Å²) in [6, 6.07) is 16.6. The van der Waals surface area contributed by atoms with E-state index >= 15 is 0 Å². The summed E-state index contributed by atoms with van der Waals surface area (Å²) in [6.07, 6.45) is 4.70. The quantitative estimate of drug-likeness (QED) is 0.467. The molecule has 2 heterocycles. The lowest BCUT2D eigenvalue weighted by molar-refractivity contribution is -0.133. The second-order valence-electron chi connectivity index (χ2n) is 10.4. The lowest BCUT2D eigenvalue weighted by Gasteiger charge is -2.43. The molecule has 1 unspecified atom stereocenters. The molecule has 3 aromatic rings. The van der Waals surface area contributed by atoms with Crippen LogP contribution in [0.2, 0.25) is 0 Å². The standard InChI is InChI=1S/C29H37N5O3/c1-20(2)29-30-27(31-32-29)18-28(35)34-15-14-33(19-23(34)16-21-8-5-4-6-9-21)22-12-13-25(36-3)26(17-22)37-24-10-7-11-24/h4-6,8-9,12-13,17,20,23-24H,7,10-11,14-16,18-19H2,1-3H3,(H,30,31,32). The van der Waals surface area contributed by atoms with E-state index in [2.05, 4.69) is 56.5 Å². The predicted molar refractivity (Wildman–Crippen MR) is 143 cm³/mol. The summed E-state index contributed by atoms with van der Waals surface area (Å²) >= 11 is 0. The van der Waals surface area contributed by atoms with Gasteiger partial charge >= 0.3 is 0 Å². The normalized spacial score (nSPS) is 18.1. The fraction of sp³-hybridized carbons (Fsp3) is 0.483. The van der Waals surface area contributed by atoms with Crippen molar-refractivity contribution in [2.24, 2.45) is 0 Å². The number of H-pyrrole nitrogens is 1. The smallest absolute Gasteiger partial charge is 0.230 e. The summed E-state index contributed by atoms with van der Waals surface area (Å²) in [7, 11) is 1.68. The van der Waals surface area contributed by atoms with Gasteiger partial charge in [-0.1, -0.05) is 44.2 Å². The Bertz CT molecular complexity index is 1190. The monoisotopic (exact) mass is 503 g/mol. The molecule has 1 saturated carbocycles. The minimum absolute atomic E-state index is 0.0363. The number of carbonyl (C=O) groups is 1. The van der Waals surface area contributed by atoms with Gasteiger partial charge in [0.1, 0.15) is 5.82 Å². The highest BCUT2D eigenvalue weighted by Crippen LogP contribution is 2.36. The topological polar surface area (TPSA) is 83.6 Å². The number of aromatic amines is 1. The van der Waals surface area contributed by atoms with Gasteiger partial charge < -0.3 is 19.3 Å². The Morgan fingerprint density at radius 3 is 2.59 bits per heavy atom. The van der Waals surface area contributed by atoms with E-state index in [1.165, 1.54) is 12.0 Å². The average Bonchev–Trinajstić information content (AvgIpc) is 3.35. The van der Waals surface area contributed by atoms with Crippen LogP contribution in [0.1, 0.15) is 56.2 Å². The Morgan fingerprint density at radius 1 is 1.11 bits per heavy atom. The summed E-state index contributed by atoms with van der Waals surface area (Å²) in [5, 5.41) is 7.22. The molecule has 5 rings (SSSR count). The van der Waals surface area contributed by atoms with Gasteiger partial charge in [0.2, 0.25) is 5.91 Å². The van der Waals surface area contributed by atoms with Gasteiger partial charge in [0.15, 0.2) is 17.3 Å². The van der Waals surface area contributed by atoms with Crippen LogP contribution in [-0.2, 0) is 17.6 Å². The van der Waals surface area contributed by atoms with E-state index in [1.807, 2.05) is 30.9 Å². The zero-order valence-electron chi connectivity index (χ0n) is 22.0. The van der Waals surface area contributed by atoms with Crippen molar-refractivity contribution in [3.8, 4) is 11.5 Å². The third-order valence-corrected chi connectivity index (χ3v) is 7.36. The van der Waals surface area contributed by atoms with Crippen LogP contribution in [0, 0.1) is 0 Å². The van der Waals surface area contributed by atoms with E-state index in [-0.39, 0.29) is 30.4 Å². The highest BCUT2D eigenvalue weighted by Gasteiger charge is 2.32. The third-order valence-electron chi connectivity index (χ3n) is 7.36. The first-order valence-electron chi connectivity index (χ1n) is 13.3. The van der Waals surface area contributed by atoms with E-state index in [9.17, 15) is 4.79 Å². The molecule has 2 aliphatic rings. The van der Waals surface area contributed by atoms with Crippen LogP contribution < -0.4 is 14.4 Å². The van der Waals surface area contributed by atoms with E-state index in [0.29, 0.717) is 12.4 Å². The SMILES string of the molecule is COc1ccc(N2CCN(C(=O)Cc3nc(C(C)C)n[nH]3)C(Cc3ccccc3)C2)cc1OC1CCC1. The van der Waals surface area contributed by atoms with Gasteiger partial charge in [0.05, 0.1) is 25.7 Å². The summed E-state index contributed by atoms with van der Waals surface area (Å²) in [4.78, 5) is 22.4. The number of rotatable bonds is 9. The van der Waals surface area contributed by atoms with Crippen molar-refractivity contribution >= 4 is 11.6 Å². The second-order valence-corrected chi connectivity index (χ2v) is 10.4. The molecule has 0 bridgehead atoms. The summed E-state index contributed by atoms with van der Waals surface area (Å²) in [5.41, 5.74) is 2.31. The number of benzene rings is 2. The Hall–Kier alpha value is -3.55. The summed E-state index contributed by atoms with van der Waals surface area (Å²) in [6.45, 7) is 6.23. The molecule has 0 spiro atoms. The minimum Gasteiger partial charge on any atom is -0.493 e. The van der Waals surface area contributed by atoms with Crippen LogP contribution in [0.15, 0.2) is 48.5 Å². The lowest BCUT2D eigenvalue weighted by Crippen LogP contribution is -2.56. The molecule has 8 heteroatoms. The molecular formula is C29H37N5O3. The van der Waals surface area contributed by atoms with E-state index < -0.39 is 0 Å². The Labute approximate surface area is 219 Å². The number of amides is 1. The number of aromatic nitrogens is 3. The molecule has 37 heavy (non-hydrogen) atoms. The van der Waals surface area contributed by atoms with Crippen LogP contribution >= 0.6 is 0 Å². The van der Waals surface area contributed by atoms with Crippen molar-refractivity contribution in [1.29, 1.82) is 0 Å². The van der Waals surface area contributed by atoms with Crippen molar-refractivity contribution in [3.05, 3.63) is 65.7 Å². The van der Waals surface area contributed by atoms with Crippen molar-refractivity contribution in [2.75, 3.05) is 31.6 Å². The maximum Gasteiger partial charge on any atom is 0.230 e. The molecule has 1 N–H and O–H groups in total. The first-order valence-corrected chi connectivity index (χ1v) is 13.3. The molecule has 1 atom stereocenters. The fourth-order valence-electron chi connectivity index (χ4n) is 4.99. The molecule has 8 nitrogen and oxygen atoms in total. The van der Waals surface area contributed by atoms with Gasteiger partial charge in [-0.2, -0.15) is 5.10 Å². The molecule has 1 aliphatic heterocycles. The zero-order valence-corrected chi connectivity index (χ0v) is 22.0. The van der Waals surface area contributed by atoms with Crippen molar-refractivity contribution in [3.63, 3.8) is 0 Å². The highest BCUT2D eigenvalue weighted by atomic mass is 16.5.